The van der Waals surface area contributed by atoms with Crippen molar-refractivity contribution >= 4 is 17.0 Å². The van der Waals surface area contributed by atoms with Gasteiger partial charge in [0.2, 0.25) is 5.95 Å². The maximum Gasteiger partial charge on any atom is 0.264 e. The Morgan fingerprint density at radius 3 is 2.50 bits per heavy atom. The van der Waals surface area contributed by atoms with Crippen molar-refractivity contribution in [2.75, 3.05) is 18.0 Å². The van der Waals surface area contributed by atoms with Crippen molar-refractivity contribution in [3.8, 4) is 11.1 Å². The molecule has 0 amide bonds. The highest BCUT2D eigenvalue weighted by atomic mass is 16.1. The lowest BCUT2D eigenvalue weighted by Gasteiger charge is -2.28. The summed E-state index contributed by atoms with van der Waals surface area (Å²) in [7, 11) is 1.81. The molecule has 0 aliphatic carbocycles. The van der Waals surface area contributed by atoms with Gasteiger partial charge in [0, 0.05) is 26.3 Å². The fourth-order valence-corrected chi connectivity index (χ4v) is 3.41. The first-order valence-electron chi connectivity index (χ1n) is 8.42. The number of anilines is 1. The summed E-state index contributed by atoms with van der Waals surface area (Å²) in [4.78, 5) is 24.3. The number of fused-ring (bicyclic) bond motifs is 1. The molecule has 3 aromatic rings. The van der Waals surface area contributed by atoms with Gasteiger partial charge in [-0.2, -0.15) is 4.98 Å². The maximum atomic E-state index is 13.0. The van der Waals surface area contributed by atoms with E-state index < -0.39 is 0 Å². The Balaban J connectivity index is 1.94. The highest BCUT2D eigenvalue weighted by molar-refractivity contribution is 5.92. The second-order valence-electron chi connectivity index (χ2n) is 6.25. The van der Waals surface area contributed by atoms with E-state index in [0.717, 1.165) is 43.0 Å². The van der Waals surface area contributed by atoms with Crippen LogP contribution < -0.4 is 10.5 Å². The molecule has 1 fully saturated rings. The molecule has 24 heavy (non-hydrogen) atoms. The van der Waals surface area contributed by atoms with Gasteiger partial charge in [0.05, 0.1) is 5.39 Å². The van der Waals surface area contributed by atoms with Crippen LogP contribution in [0.5, 0.6) is 0 Å². The summed E-state index contributed by atoms with van der Waals surface area (Å²) in [6.45, 7) is 1.90. The van der Waals surface area contributed by atoms with E-state index in [2.05, 4.69) is 9.88 Å². The van der Waals surface area contributed by atoms with Gasteiger partial charge < -0.3 is 4.90 Å². The van der Waals surface area contributed by atoms with Crippen molar-refractivity contribution in [3.63, 3.8) is 0 Å². The molecule has 5 nitrogen and oxygen atoms in total. The summed E-state index contributed by atoms with van der Waals surface area (Å²) in [5.74, 6) is 0.727. The van der Waals surface area contributed by atoms with Crippen LogP contribution in [0.3, 0.4) is 0 Å². The smallest absolute Gasteiger partial charge is 0.264 e. The zero-order valence-corrected chi connectivity index (χ0v) is 13.8. The summed E-state index contributed by atoms with van der Waals surface area (Å²) in [6.07, 6.45) is 5.27. The molecule has 1 saturated heterocycles. The van der Waals surface area contributed by atoms with E-state index in [0.29, 0.717) is 11.0 Å². The largest absolute Gasteiger partial charge is 0.342 e. The van der Waals surface area contributed by atoms with E-state index in [9.17, 15) is 4.79 Å². The average Bonchev–Trinajstić information content (AvgIpc) is 2.65. The summed E-state index contributed by atoms with van der Waals surface area (Å²) >= 11 is 0. The van der Waals surface area contributed by atoms with Crippen LogP contribution in [0, 0.1) is 0 Å². The molecule has 0 saturated carbocycles. The minimum atomic E-state index is -0.0347. The van der Waals surface area contributed by atoms with Crippen LogP contribution in [0.2, 0.25) is 0 Å². The molecule has 1 aliphatic heterocycles. The van der Waals surface area contributed by atoms with E-state index in [1.54, 1.807) is 17.8 Å². The number of aromatic nitrogens is 3. The number of piperidine rings is 1. The Morgan fingerprint density at radius 1 is 1.00 bits per heavy atom. The van der Waals surface area contributed by atoms with E-state index >= 15 is 0 Å². The zero-order chi connectivity index (χ0) is 16.5. The van der Waals surface area contributed by atoms with Gasteiger partial charge in [0.15, 0.2) is 5.65 Å². The lowest BCUT2D eigenvalue weighted by atomic mass is 10.0. The van der Waals surface area contributed by atoms with Crippen molar-refractivity contribution in [2.24, 2.45) is 7.05 Å². The molecule has 0 N–H and O–H groups in total. The number of hydrogen-bond acceptors (Lipinski definition) is 4. The molecule has 0 spiro atoms. The molecule has 0 atom stereocenters. The van der Waals surface area contributed by atoms with Gasteiger partial charge in [0.1, 0.15) is 0 Å². The molecular weight excluding hydrogens is 300 g/mol. The summed E-state index contributed by atoms with van der Waals surface area (Å²) in [6, 6.07) is 11.8. The summed E-state index contributed by atoms with van der Waals surface area (Å²) < 4.78 is 1.67. The third kappa shape index (κ3) is 2.46. The van der Waals surface area contributed by atoms with Crippen LogP contribution >= 0.6 is 0 Å². The number of nitrogens with zero attached hydrogens (tertiary/aromatic N) is 4. The predicted octanol–water partition coefficient (Wildman–Crippen LogP) is 2.99. The van der Waals surface area contributed by atoms with Crippen LogP contribution in [0.4, 0.5) is 5.95 Å². The first-order chi connectivity index (χ1) is 11.8. The van der Waals surface area contributed by atoms with E-state index in [-0.39, 0.29) is 5.56 Å². The molecule has 1 aromatic carbocycles. The number of pyridine rings is 1. The van der Waals surface area contributed by atoms with Crippen LogP contribution in [-0.2, 0) is 7.05 Å². The van der Waals surface area contributed by atoms with Gasteiger partial charge in [-0.3, -0.25) is 9.36 Å². The third-order valence-electron chi connectivity index (χ3n) is 4.68. The molecule has 5 heteroatoms. The van der Waals surface area contributed by atoms with Crippen molar-refractivity contribution in [1.82, 2.24) is 14.5 Å². The first-order valence-corrected chi connectivity index (χ1v) is 8.42. The Kier molecular flexibility index (Phi) is 3.76. The van der Waals surface area contributed by atoms with Crippen LogP contribution in [-0.4, -0.2) is 27.6 Å². The normalized spacial score (nSPS) is 15.0. The number of hydrogen-bond donors (Lipinski definition) is 0. The molecule has 0 unspecified atom stereocenters. The fraction of sp³-hybridized carbons (Fsp3) is 0.316. The van der Waals surface area contributed by atoms with Gasteiger partial charge in [0.25, 0.3) is 5.56 Å². The van der Waals surface area contributed by atoms with Crippen LogP contribution in [0.25, 0.3) is 22.2 Å². The van der Waals surface area contributed by atoms with Gasteiger partial charge in [-0.05, 0) is 36.5 Å². The molecule has 3 heterocycles. The zero-order valence-electron chi connectivity index (χ0n) is 13.8. The summed E-state index contributed by atoms with van der Waals surface area (Å²) in [5.41, 5.74) is 2.39. The first kappa shape index (κ1) is 14.9. The standard InChI is InChI=1S/C19H20N4O/c1-22-18(24)16-15(14-8-4-2-5-9-14)10-11-20-17(16)21-19(22)23-12-6-3-7-13-23/h2,4-5,8-11H,3,6-7,12-13H2,1H3. The van der Waals surface area contributed by atoms with Crippen molar-refractivity contribution in [2.45, 2.75) is 19.3 Å². The SMILES string of the molecule is Cn1c(N2CCCCC2)nc2nccc(-c3ccccc3)c2c1=O. The van der Waals surface area contributed by atoms with Crippen LogP contribution in [0.15, 0.2) is 47.4 Å². The molecule has 0 radical (unpaired) electrons. The van der Waals surface area contributed by atoms with Gasteiger partial charge in [-0.25, -0.2) is 4.98 Å². The van der Waals surface area contributed by atoms with Gasteiger partial charge >= 0.3 is 0 Å². The van der Waals surface area contributed by atoms with Crippen LogP contribution in [0.1, 0.15) is 19.3 Å². The quantitative estimate of drug-likeness (QED) is 0.728. The van der Waals surface area contributed by atoms with Gasteiger partial charge in [-0.15, -0.1) is 0 Å². The molecular formula is C19H20N4O. The number of rotatable bonds is 2. The average molecular weight is 320 g/mol. The van der Waals surface area contributed by atoms with Gasteiger partial charge in [-0.1, -0.05) is 30.3 Å². The lowest BCUT2D eigenvalue weighted by Crippen LogP contribution is -2.35. The van der Waals surface area contributed by atoms with E-state index in [1.165, 1.54) is 6.42 Å². The highest BCUT2D eigenvalue weighted by Crippen LogP contribution is 2.26. The fourth-order valence-electron chi connectivity index (χ4n) is 3.41. The molecule has 2 aromatic heterocycles. The second kappa shape index (κ2) is 6.07. The minimum Gasteiger partial charge on any atom is -0.342 e. The Morgan fingerprint density at radius 2 is 1.75 bits per heavy atom. The maximum absolute atomic E-state index is 13.0. The molecule has 1 aliphatic rings. The Hall–Kier alpha value is -2.69. The van der Waals surface area contributed by atoms with Crippen molar-refractivity contribution in [3.05, 3.63) is 52.9 Å². The number of benzene rings is 1. The molecule has 0 bridgehead atoms. The van der Waals surface area contributed by atoms with E-state index in [1.807, 2.05) is 36.4 Å². The monoisotopic (exact) mass is 320 g/mol. The highest BCUT2D eigenvalue weighted by Gasteiger charge is 2.19. The third-order valence-corrected chi connectivity index (χ3v) is 4.68. The minimum absolute atomic E-state index is 0.0347. The van der Waals surface area contributed by atoms with Crippen molar-refractivity contribution < 1.29 is 0 Å². The lowest BCUT2D eigenvalue weighted by molar-refractivity contribution is 0.558. The molecule has 122 valence electrons. The predicted molar refractivity (Wildman–Crippen MR) is 96.3 cm³/mol. The Bertz CT molecular complexity index is 927. The topological polar surface area (TPSA) is 51.0 Å². The second-order valence-corrected chi connectivity index (χ2v) is 6.25. The van der Waals surface area contributed by atoms with Crippen molar-refractivity contribution in [1.29, 1.82) is 0 Å². The summed E-state index contributed by atoms with van der Waals surface area (Å²) in [5, 5.41) is 0.590. The molecule has 4 rings (SSSR count). The van der Waals surface area contributed by atoms with E-state index in [4.69, 9.17) is 4.98 Å². The Labute approximate surface area is 140 Å².